The zero-order valence-corrected chi connectivity index (χ0v) is 12.9. The molecule has 1 aromatic heterocycles. The second-order valence-corrected chi connectivity index (χ2v) is 5.85. The van der Waals surface area contributed by atoms with Gasteiger partial charge in [-0.2, -0.15) is 5.10 Å². The fourth-order valence-corrected chi connectivity index (χ4v) is 2.64. The zero-order chi connectivity index (χ0) is 15.6. The van der Waals surface area contributed by atoms with Crippen molar-refractivity contribution in [1.82, 2.24) is 14.7 Å². The van der Waals surface area contributed by atoms with Crippen molar-refractivity contribution in [3.05, 3.63) is 17.5 Å². The van der Waals surface area contributed by atoms with Crippen molar-refractivity contribution in [3.8, 4) is 0 Å². The third-order valence-electron chi connectivity index (χ3n) is 4.38. The molecule has 21 heavy (non-hydrogen) atoms. The van der Waals surface area contributed by atoms with Gasteiger partial charge in [0.25, 0.3) is 5.91 Å². The number of carboxylic acids is 1. The first kappa shape index (κ1) is 15.5. The number of amides is 1. The first-order chi connectivity index (χ1) is 9.91. The highest BCUT2D eigenvalue weighted by Gasteiger charge is 2.38. The summed E-state index contributed by atoms with van der Waals surface area (Å²) in [6.45, 7) is 7.34. The van der Waals surface area contributed by atoms with E-state index in [4.69, 9.17) is 0 Å². The quantitative estimate of drug-likeness (QED) is 0.918. The summed E-state index contributed by atoms with van der Waals surface area (Å²) in [5.74, 6) is -0.821. The van der Waals surface area contributed by atoms with Gasteiger partial charge < -0.3 is 10.0 Å². The SMILES string of the molecule is CCc1cc(C(=O)N2CCC(C)(C(=O)O)CC2)n(CC)n1. The van der Waals surface area contributed by atoms with Crippen molar-refractivity contribution in [1.29, 1.82) is 0 Å². The molecule has 1 aliphatic heterocycles. The topological polar surface area (TPSA) is 75.4 Å². The van der Waals surface area contributed by atoms with E-state index in [1.807, 2.05) is 19.9 Å². The molecule has 2 rings (SSSR count). The Kier molecular flexibility index (Phi) is 4.34. The molecule has 6 nitrogen and oxygen atoms in total. The van der Waals surface area contributed by atoms with E-state index in [0.29, 0.717) is 38.2 Å². The van der Waals surface area contributed by atoms with Gasteiger partial charge in [0.15, 0.2) is 0 Å². The van der Waals surface area contributed by atoms with E-state index < -0.39 is 11.4 Å². The molecule has 1 amide bonds. The van der Waals surface area contributed by atoms with Crippen molar-refractivity contribution < 1.29 is 14.7 Å². The summed E-state index contributed by atoms with van der Waals surface area (Å²) in [7, 11) is 0. The van der Waals surface area contributed by atoms with E-state index in [-0.39, 0.29) is 5.91 Å². The Bertz CT molecular complexity index is 542. The number of aryl methyl sites for hydroxylation is 2. The second-order valence-electron chi connectivity index (χ2n) is 5.85. The minimum Gasteiger partial charge on any atom is -0.481 e. The van der Waals surface area contributed by atoms with E-state index in [9.17, 15) is 14.7 Å². The Morgan fingerprint density at radius 1 is 1.33 bits per heavy atom. The van der Waals surface area contributed by atoms with Gasteiger partial charge in [-0.15, -0.1) is 0 Å². The number of carbonyl (C=O) groups is 2. The highest BCUT2D eigenvalue weighted by molar-refractivity contribution is 5.93. The van der Waals surface area contributed by atoms with E-state index in [2.05, 4.69) is 5.10 Å². The molecule has 2 heterocycles. The van der Waals surface area contributed by atoms with Crippen LogP contribution in [0.1, 0.15) is 49.8 Å². The number of likely N-dealkylation sites (tertiary alicyclic amines) is 1. The van der Waals surface area contributed by atoms with Crippen LogP contribution >= 0.6 is 0 Å². The van der Waals surface area contributed by atoms with Crippen LogP contribution in [-0.4, -0.2) is 44.8 Å². The molecule has 1 fully saturated rings. The molecular weight excluding hydrogens is 270 g/mol. The second kappa shape index (κ2) is 5.87. The Morgan fingerprint density at radius 3 is 2.43 bits per heavy atom. The molecule has 0 radical (unpaired) electrons. The molecule has 0 spiro atoms. The summed E-state index contributed by atoms with van der Waals surface area (Å²) in [5.41, 5.74) is 0.803. The van der Waals surface area contributed by atoms with Gasteiger partial charge in [0, 0.05) is 19.6 Å². The van der Waals surface area contributed by atoms with Gasteiger partial charge in [0.1, 0.15) is 5.69 Å². The van der Waals surface area contributed by atoms with Crippen molar-refractivity contribution in [2.45, 2.75) is 46.6 Å². The van der Waals surface area contributed by atoms with E-state index in [0.717, 1.165) is 12.1 Å². The normalized spacial score (nSPS) is 17.8. The highest BCUT2D eigenvalue weighted by atomic mass is 16.4. The summed E-state index contributed by atoms with van der Waals surface area (Å²) < 4.78 is 1.73. The van der Waals surface area contributed by atoms with Gasteiger partial charge in [-0.05, 0) is 39.2 Å². The summed E-state index contributed by atoms with van der Waals surface area (Å²) in [6.07, 6.45) is 1.79. The predicted octanol–water partition coefficient (Wildman–Crippen LogP) is 1.79. The minimum absolute atomic E-state index is 0.0449. The summed E-state index contributed by atoms with van der Waals surface area (Å²) in [5, 5.41) is 13.6. The van der Waals surface area contributed by atoms with Gasteiger partial charge in [-0.1, -0.05) is 6.92 Å². The summed E-state index contributed by atoms with van der Waals surface area (Å²) in [4.78, 5) is 25.6. The maximum absolute atomic E-state index is 12.6. The average Bonchev–Trinajstić information content (AvgIpc) is 2.90. The van der Waals surface area contributed by atoms with Crippen LogP contribution in [0.4, 0.5) is 0 Å². The lowest BCUT2D eigenvalue weighted by Crippen LogP contribution is -2.45. The number of hydrogen-bond acceptors (Lipinski definition) is 3. The monoisotopic (exact) mass is 293 g/mol. The third-order valence-corrected chi connectivity index (χ3v) is 4.38. The van der Waals surface area contributed by atoms with Crippen LogP contribution in [0.15, 0.2) is 6.07 Å². The molecule has 0 bridgehead atoms. The van der Waals surface area contributed by atoms with Crippen molar-refractivity contribution in [3.63, 3.8) is 0 Å². The van der Waals surface area contributed by atoms with Crippen LogP contribution in [0.2, 0.25) is 0 Å². The molecule has 1 N–H and O–H groups in total. The number of nitrogens with zero attached hydrogens (tertiary/aromatic N) is 3. The molecule has 6 heteroatoms. The molecule has 1 saturated heterocycles. The number of carboxylic acid groups (broad SMARTS) is 1. The molecule has 0 aromatic carbocycles. The van der Waals surface area contributed by atoms with Crippen LogP contribution < -0.4 is 0 Å². The number of carbonyl (C=O) groups excluding carboxylic acids is 1. The van der Waals surface area contributed by atoms with Crippen molar-refractivity contribution in [2.24, 2.45) is 5.41 Å². The zero-order valence-electron chi connectivity index (χ0n) is 12.9. The molecule has 0 unspecified atom stereocenters. The number of hydrogen-bond donors (Lipinski definition) is 1. The molecule has 116 valence electrons. The fourth-order valence-electron chi connectivity index (χ4n) is 2.64. The van der Waals surface area contributed by atoms with E-state index in [1.54, 1.807) is 16.5 Å². The Labute approximate surface area is 124 Å². The standard InChI is InChI=1S/C15H23N3O3/c1-4-11-10-12(18(5-2)16-11)13(19)17-8-6-15(3,7-9-17)14(20)21/h10H,4-9H2,1-3H3,(H,20,21). The molecule has 1 aliphatic rings. The van der Waals surface area contributed by atoms with E-state index >= 15 is 0 Å². The molecule has 0 atom stereocenters. The van der Waals surface area contributed by atoms with Crippen molar-refractivity contribution in [2.75, 3.05) is 13.1 Å². The smallest absolute Gasteiger partial charge is 0.309 e. The lowest BCUT2D eigenvalue weighted by Gasteiger charge is -2.36. The Hall–Kier alpha value is -1.85. The lowest BCUT2D eigenvalue weighted by atomic mass is 9.80. The summed E-state index contributed by atoms with van der Waals surface area (Å²) >= 11 is 0. The maximum atomic E-state index is 12.6. The molecule has 0 saturated carbocycles. The van der Waals surface area contributed by atoms with Crippen LogP contribution in [-0.2, 0) is 17.8 Å². The summed E-state index contributed by atoms with van der Waals surface area (Å²) in [6, 6.07) is 1.84. The van der Waals surface area contributed by atoms with Gasteiger partial charge in [0.2, 0.25) is 0 Å². The first-order valence-corrected chi connectivity index (χ1v) is 7.50. The largest absolute Gasteiger partial charge is 0.481 e. The number of piperidine rings is 1. The van der Waals surface area contributed by atoms with Crippen LogP contribution in [0, 0.1) is 5.41 Å². The minimum atomic E-state index is -0.776. The average molecular weight is 293 g/mol. The van der Waals surface area contributed by atoms with Gasteiger partial charge in [-0.3, -0.25) is 14.3 Å². The number of aromatic nitrogens is 2. The molecular formula is C15H23N3O3. The highest BCUT2D eigenvalue weighted by Crippen LogP contribution is 2.31. The third kappa shape index (κ3) is 2.94. The maximum Gasteiger partial charge on any atom is 0.309 e. The molecule has 1 aromatic rings. The lowest BCUT2D eigenvalue weighted by molar-refractivity contribution is -0.150. The fraction of sp³-hybridized carbons (Fsp3) is 0.667. The number of rotatable bonds is 4. The van der Waals surface area contributed by atoms with Crippen molar-refractivity contribution >= 4 is 11.9 Å². The Morgan fingerprint density at radius 2 is 1.95 bits per heavy atom. The first-order valence-electron chi connectivity index (χ1n) is 7.50. The Balaban J connectivity index is 2.12. The van der Waals surface area contributed by atoms with Gasteiger partial charge >= 0.3 is 5.97 Å². The van der Waals surface area contributed by atoms with Crippen LogP contribution in [0.5, 0.6) is 0 Å². The van der Waals surface area contributed by atoms with Gasteiger partial charge in [0.05, 0.1) is 11.1 Å². The molecule has 0 aliphatic carbocycles. The van der Waals surface area contributed by atoms with Gasteiger partial charge in [-0.25, -0.2) is 0 Å². The van der Waals surface area contributed by atoms with Crippen LogP contribution in [0.3, 0.4) is 0 Å². The van der Waals surface area contributed by atoms with E-state index in [1.165, 1.54) is 0 Å². The number of aliphatic carboxylic acids is 1. The predicted molar refractivity (Wildman–Crippen MR) is 78.2 cm³/mol. The van der Waals surface area contributed by atoms with Crippen LogP contribution in [0.25, 0.3) is 0 Å².